The molecule has 1 aromatic heterocycles. The number of hydrogen-bond donors (Lipinski definition) is 2. The molecule has 1 aromatic carbocycles. The fourth-order valence-electron chi connectivity index (χ4n) is 1.38. The van der Waals surface area contributed by atoms with Crippen LogP contribution in [0.15, 0.2) is 54.9 Å². The van der Waals surface area contributed by atoms with Gasteiger partial charge in [0.05, 0.1) is 0 Å². The molecule has 0 spiro atoms. The quantitative estimate of drug-likeness (QED) is 0.899. The molecular formula is C14H12ClN3O. The Morgan fingerprint density at radius 2 is 1.95 bits per heavy atom. The third kappa shape index (κ3) is 4.44. The minimum Gasteiger partial charge on any atom is -0.314 e. The van der Waals surface area contributed by atoms with Gasteiger partial charge in [0.15, 0.2) is 0 Å². The first-order valence-electron chi connectivity index (χ1n) is 5.65. The van der Waals surface area contributed by atoms with Crippen molar-refractivity contribution in [3.63, 3.8) is 0 Å². The minimum atomic E-state index is -0.344. The van der Waals surface area contributed by atoms with Gasteiger partial charge >= 0.3 is 6.03 Å². The second-order valence-corrected chi connectivity index (χ2v) is 4.13. The number of carbonyl (C=O) groups is 1. The summed E-state index contributed by atoms with van der Waals surface area (Å²) in [5.74, 6) is 0.500. The number of rotatable bonds is 3. The average Bonchev–Trinajstić information content (AvgIpc) is 2.42. The molecule has 0 radical (unpaired) electrons. The van der Waals surface area contributed by atoms with E-state index in [4.69, 9.17) is 11.6 Å². The molecule has 0 saturated carbocycles. The van der Waals surface area contributed by atoms with Crippen molar-refractivity contribution in [2.75, 3.05) is 5.32 Å². The first kappa shape index (κ1) is 13.1. The third-order valence-electron chi connectivity index (χ3n) is 2.27. The maximum atomic E-state index is 11.5. The second-order valence-electron chi connectivity index (χ2n) is 3.70. The Morgan fingerprint density at radius 3 is 2.63 bits per heavy atom. The number of nitrogens with zero attached hydrogens (tertiary/aromatic N) is 1. The van der Waals surface area contributed by atoms with Crippen molar-refractivity contribution in [3.05, 3.63) is 65.4 Å². The maximum absolute atomic E-state index is 11.5. The highest BCUT2D eigenvalue weighted by atomic mass is 35.5. The highest BCUT2D eigenvalue weighted by Crippen LogP contribution is 2.10. The van der Waals surface area contributed by atoms with Crippen LogP contribution in [0.3, 0.4) is 0 Å². The summed E-state index contributed by atoms with van der Waals surface area (Å²) in [7, 11) is 0. The Bertz CT molecular complexity index is 567. The molecule has 19 heavy (non-hydrogen) atoms. The van der Waals surface area contributed by atoms with Crippen LogP contribution in [-0.4, -0.2) is 11.0 Å². The fraction of sp³-hybridized carbons (Fsp3) is 0. The van der Waals surface area contributed by atoms with Crippen LogP contribution >= 0.6 is 11.6 Å². The van der Waals surface area contributed by atoms with Crippen molar-refractivity contribution in [1.29, 1.82) is 0 Å². The van der Waals surface area contributed by atoms with Crippen molar-refractivity contribution < 1.29 is 4.79 Å². The predicted molar refractivity (Wildman–Crippen MR) is 76.9 cm³/mol. The Kier molecular flexibility index (Phi) is 4.53. The van der Waals surface area contributed by atoms with E-state index in [9.17, 15) is 4.79 Å². The zero-order valence-electron chi connectivity index (χ0n) is 10.0. The molecule has 5 heteroatoms. The molecule has 0 saturated heterocycles. The largest absolute Gasteiger partial charge is 0.324 e. The Labute approximate surface area is 116 Å². The molecule has 1 heterocycles. The molecule has 0 aliphatic heterocycles. The van der Waals surface area contributed by atoms with Crippen molar-refractivity contribution in [2.45, 2.75) is 0 Å². The predicted octanol–water partition coefficient (Wildman–Crippen LogP) is 3.53. The van der Waals surface area contributed by atoms with Crippen LogP contribution in [-0.2, 0) is 0 Å². The lowest BCUT2D eigenvalue weighted by molar-refractivity contribution is 0.255. The van der Waals surface area contributed by atoms with Gasteiger partial charge in [-0.3, -0.25) is 5.32 Å². The van der Waals surface area contributed by atoms with Crippen LogP contribution in [0, 0.1) is 0 Å². The molecule has 0 unspecified atom stereocenters. The molecule has 96 valence electrons. The van der Waals surface area contributed by atoms with Crippen LogP contribution < -0.4 is 10.6 Å². The van der Waals surface area contributed by atoms with Crippen LogP contribution in [0.25, 0.3) is 6.08 Å². The van der Waals surface area contributed by atoms with E-state index >= 15 is 0 Å². The Balaban J connectivity index is 1.85. The molecule has 0 aliphatic rings. The van der Waals surface area contributed by atoms with Gasteiger partial charge in [-0.15, -0.1) is 0 Å². The molecule has 0 atom stereocenters. The number of carbonyl (C=O) groups excluding carboxylic acids is 1. The van der Waals surface area contributed by atoms with Crippen molar-refractivity contribution >= 4 is 29.5 Å². The van der Waals surface area contributed by atoms with Gasteiger partial charge in [-0.25, -0.2) is 9.78 Å². The van der Waals surface area contributed by atoms with E-state index in [1.807, 2.05) is 12.1 Å². The van der Waals surface area contributed by atoms with Gasteiger partial charge in [-0.05, 0) is 35.9 Å². The van der Waals surface area contributed by atoms with Gasteiger partial charge in [0, 0.05) is 17.4 Å². The van der Waals surface area contributed by atoms with E-state index < -0.39 is 0 Å². The standard InChI is InChI=1S/C14H12ClN3O/c15-12-6-4-11(5-7-12)8-10-17-14(19)18-13-3-1-2-9-16-13/h1-10H,(H2,16,17,18,19)/b10-8+. The molecule has 2 amide bonds. The van der Waals surface area contributed by atoms with E-state index in [0.29, 0.717) is 10.8 Å². The fourth-order valence-corrected chi connectivity index (χ4v) is 1.50. The van der Waals surface area contributed by atoms with Crippen molar-refractivity contribution in [3.8, 4) is 0 Å². The highest BCUT2D eigenvalue weighted by molar-refractivity contribution is 6.30. The molecule has 0 fully saturated rings. The van der Waals surface area contributed by atoms with Crippen molar-refractivity contribution in [2.24, 2.45) is 0 Å². The summed E-state index contributed by atoms with van der Waals surface area (Å²) in [5.41, 5.74) is 0.947. The number of benzene rings is 1. The summed E-state index contributed by atoms with van der Waals surface area (Å²) in [5, 5.41) is 5.87. The first-order valence-corrected chi connectivity index (χ1v) is 6.02. The smallest absolute Gasteiger partial charge is 0.314 e. The van der Waals surface area contributed by atoms with Gasteiger partial charge in [0.25, 0.3) is 0 Å². The van der Waals surface area contributed by atoms with E-state index in [-0.39, 0.29) is 6.03 Å². The zero-order chi connectivity index (χ0) is 13.5. The molecule has 2 aromatic rings. The maximum Gasteiger partial charge on any atom is 0.324 e. The number of pyridine rings is 1. The number of halogens is 1. The number of nitrogens with one attached hydrogen (secondary N) is 2. The highest BCUT2D eigenvalue weighted by Gasteiger charge is 1.98. The molecule has 0 aliphatic carbocycles. The van der Waals surface area contributed by atoms with Crippen molar-refractivity contribution in [1.82, 2.24) is 10.3 Å². The monoisotopic (exact) mass is 273 g/mol. The molecule has 4 nitrogen and oxygen atoms in total. The summed E-state index contributed by atoms with van der Waals surface area (Å²) in [6.07, 6.45) is 4.94. The average molecular weight is 274 g/mol. The summed E-state index contributed by atoms with van der Waals surface area (Å²) in [6.45, 7) is 0. The van der Waals surface area contributed by atoms with Gasteiger partial charge in [0.1, 0.15) is 5.82 Å². The first-order chi connectivity index (χ1) is 9.24. The molecule has 0 bridgehead atoms. The number of amides is 2. The summed E-state index contributed by atoms with van der Waals surface area (Å²) >= 11 is 5.78. The van der Waals surface area contributed by atoms with Gasteiger partial charge in [0.2, 0.25) is 0 Å². The van der Waals surface area contributed by atoms with Gasteiger partial charge < -0.3 is 5.32 Å². The lowest BCUT2D eigenvalue weighted by Crippen LogP contribution is -2.24. The Morgan fingerprint density at radius 1 is 1.16 bits per heavy atom. The lowest BCUT2D eigenvalue weighted by Gasteiger charge is -2.02. The topological polar surface area (TPSA) is 54.0 Å². The van der Waals surface area contributed by atoms with Crippen LogP contribution in [0.5, 0.6) is 0 Å². The van der Waals surface area contributed by atoms with Gasteiger partial charge in [-0.1, -0.05) is 29.8 Å². The zero-order valence-corrected chi connectivity index (χ0v) is 10.8. The Hall–Kier alpha value is -2.33. The van der Waals surface area contributed by atoms with E-state index in [1.165, 1.54) is 0 Å². The summed E-state index contributed by atoms with van der Waals surface area (Å²) in [6, 6.07) is 12.2. The minimum absolute atomic E-state index is 0.344. The van der Waals surface area contributed by atoms with Crippen LogP contribution in [0.4, 0.5) is 10.6 Å². The summed E-state index contributed by atoms with van der Waals surface area (Å²) in [4.78, 5) is 15.5. The van der Waals surface area contributed by atoms with E-state index in [2.05, 4.69) is 15.6 Å². The third-order valence-corrected chi connectivity index (χ3v) is 2.52. The number of aromatic nitrogens is 1. The number of anilines is 1. The van der Waals surface area contributed by atoms with Crippen LogP contribution in [0.2, 0.25) is 5.02 Å². The molecular weight excluding hydrogens is 262 g/mol. The number of urea groups is 1. The summed E-state index contributed by atoms with van der Waals surface area (Å²) < 4.78 is 0. The van der Waals surface area contributed by atoms with Crippen LogP contribution in [0.1, 0.15) is 5.56 Å². The lowest BCUT2D eigenvalue weighted by atomic mass is 10.2. The van der Waals surface area contributed by atoms with E-state index in [1.54, 1.807) is 48.8 Å². The molecule has 2 N–H and O–H groups in total. The molecule has 2 rings (SSSR count). The number of hydrogen-bond acceptors (Lipinski definition) is 2. The SMILES string of the molecule is O=C(N/C=C/c1ccc(Cl)cc1)Nc1ccccn1. The van der Waals surface area contributed by atoms with Gasteiger partial charge in [-0.2, -0.15) is 0 Å². The normalized spacial score (nSPS) is 10.4. The second kappa shape index (κ2) is 6.56. The van der Waals surface area contributed by atoms with E-state index in [0.717, 1.165) is 5.56 Å².